The van der Waals surface area contributed by atoms with E-state index in [-0.39, 0.29) is 17.5 Å². The highest BCUT2D eigenvalue weighted by Gasteiger charge is 2.52. The van der Waals surface area contributed by atoms with E-state index in [1.165, 1.54) is 0 Å². The van der Waals surface area contributed by atoms with Crippen LogP contribution in [-0.4, -0.2) is 57.9 Å². The molecule has 3 aliphatic heterocycles. The minimum absolute atomic E-state index is 0.174. The van der Waals surface area contributed by atoms with E-state index in [1.54, 1.807) is 0 Å². The molecule has 3 saturated heterocycles. The van der Waals surface area contributed by atoms with Crippen molar-refractivity contribution in [3.8, 4) is 0 Å². The highest BCUT2D eigenvalue weighted by Crippen LogP contribution is 2.38. The highest BCUT2D eigenvalue weighted by molar-refractivity contribution is 7.91. The lowest BCUT2D eigenvalue weighted by atomic mass is 9.79. The van der Waals surface area contributed by atoms with Crippen LogP contribution in [0.3, 0.4) is 0 Å². The number of sulfone groups is 1. The summed E-state index contributed by atoms with van der Waals surface area (Å²) in [5, 5.41) is 3.51. The van der Waals surface area contributed by atoms with Gasteiger partial charge >= 0.3 is 0 Å². The molecule has 0 aromatic heterocycles. The number of ether oxygens (including phenoxy) is 2. The van der Waals surface area contributed by atoms with Gasteiger partial charge in [-0.3, -0.25) is 0 Å². The molecular formula is C12H21NO4S. The predicted octanol–water partition coefficient (Wildman–Crippen LogP) is -0.0413. The SMILES string of the molecule is O=S1(=O)CCC2(C1)OCCNC2C1CCOCC1. The Kier molecular flexibility index (Phi) is 3.38. The fourth-order valence-corrected chi connectivity index (χ4v) is 5.55. The van der Waals surface area contributed by atoms with Crippen LogP contribution in [0.2, 0.25) is 0 Å². The summed E-state index contributed by atoms with van der Waals surface area (Å²) in [4.78, 5) is 0. The predicted molar refractivity (Wildman–Crippen MR) is 67.3 cm³/mol. The van der Waals surface area contributed by atoms with Crippen molar-refractivity contribution in [1.82, 2.24) is 5.32 Å². The molecule has 3 fully saturated rings. The average molecular weight is 275 g/mol. The van der Waals surface area contributed by atoms with Crippen molar-refractivity contribution in [2.24, 2.45) is 5.92 Å². The van der Waals surface area contributed by atoms with Crippen LogP contribution in [0.1, 0.15) is 19.3 Å². The van der Waals surface area contributed by atoms with Crippen molar-refractivity contribution < 1.29 is 17.9 Å². The molecule has 0 aromatic rings. The zero-order chi connectivity index (χ0) is 12.6. The molecule has 0 aromatic carbocycles. The molecular weight excluding hydrogens is 254 g/mol. The van der Waals surface area contributed by atoms with Crippen LogP contribution >= 0.6 is 0 Å². The topological polar surface area (TPSA) is 64.6 Å². The molecule has 0 aliphatic carbocycles. The Hall–Kier alpha value is -0.170. The van der Waals surface area contributed by atoms with Gasteiger partial charge in [-0.05, 0) is 25.2 Å². The molecule has 2 unspecified atom stereocenters. The van der Waals surface area contributed by atoms with E-state index >= 15 is 0 Å². The van der Waals surface area contributed by atoms with Crippen molar-refractivity contribution in [2.75, 3.05) is 37.9 Å². The van der Waals surface area contributed by atoms with E-state index in [0.717, 1.165) is 32.6 Å². The lowest BCUT2D eigenvalue weighted by Crippen LogP contribution is -2.62. The molecule has 0 saturated carbocycles. The standard InChI is InChI=1S/C12H21NO4S/c14-18(15)8-3-12(9-18)11(13-4-7-17-12)10-1-5-16-6-2-10/h10-11,13H,1-9H2. The number of nitrogens with one attached hydrogen (secondary N) is 1. The Bertz CT molecular complexity index is 404. The molecule has 3 heterocycles. The third-order valence-corrected chi connectivity index (χ3v) is 6.22. The molecule has 3 rings (SSSR count). The third-order valence-electron chi connectivity index (χ3n) is 4.46. The van der Waals surface area contributed by atoms with Gasteiger partial charge in [-0.25, -0.2) is 8.42 Å². The van der Waals surface area contributed by atoms with Gasteiger partial charge in [0.1, 0.15) is 0 Å². The maximum absolute atomic E-state index is 11.8. The summed E-state index contributed by atoms with van der Waals surface area (Å²) in [6.45, 7) is 3.01. The van der Waals surface area contributed by atoms with Gasteiger partial charge in [0.15, 0.2) is 9.84 Å². The maximum Gasteiger partial charge on any atom is 0.153 e. The zero-order valence-electron chi connectivity index (χ0n) is 10.6. The van der Waals surface area contributed by atoms with Crippen LogP contribution in [0.5, 0.6) is 0 Å². The van der Waals surface area contributed by atoms with E-state index in [0.29, 0.717) is 18.9 Å². The van der Waals surface area contributed by atoms with Crippen molar-refractivity contribution in [3.05, 3.63) is 0 Å². The first-order chi connectivity index (χ1) is 8.61. The molecule has 1 spiro atoms. The van der Waals surface area contributed by atoms with Gasteiger partial charge in [-0.2, -0.15) is 0 Å². The first kappa shape index (κ1) is 12.8. The molecule has 104 valence electrons. The largest absolute Gasteiger partial charge is 0.381 e. The van der Waals surface area contributed by atoms with Crippen LogP contribution in [0.4, 0.5) is 0 Å². The summed E-state index contributed by atoms with van der Waals surface area (Å²) in [6.07, 6.45) is 2.65. The van der Waals surface area contributed by atoms with E-state index in [2.05, 4.69) is 5.32 Å². The van der Waals surface area contributed by atoms with Gasteiger partial charge in [-0.1, -0.05) is 0 Å². The Labute approximate surface area is 108 Å². The number of hydrogen-bond acceptors (Lipinski definition) is 5. The van der Waals surface area contributed by atoms with Gasteiger partial charge in [0.25, 0.3) is 0 Å². The average Bonchev–Trinajstić information content (AvgIpc) is 2.67. The second-order valence-corrected chi connectivity index (χ2v) is 7.82. The van der Waals surface area contributed by atoms with Gasteiger partial charge in [0.05, 0.1) is 23.7 Å². The van der Waals surface area contributed by atoms with E-state index < -0.39 is 15.4 Å². The summed E-state index contributed by atoms with van der Waals surface area (Å²) < 4.78 is 34.9. The van der Waals surface area contributed by atoms with Crippen LogP contribution in [0, 0.1) is 5.92 Å². The molecule has 0 radical (unpaired) electrons. The van der Waals surface area contributed by atoms with Crippen molar-refractivity contribution in [3.63, 3.8) is 0 Å². The molecule has 18 heavy (non-hydrogen) atoms. The fraction of sp³-hybridized carbons (Fsp3) is 1.00. The van der Waals surface area contributed by atoms with Gasteiger partial charge < -0.3 is 14.8 Å². The van der Waals surface area contributed by atoms with E-state index in [1.807, 2.05) is 0 Å². The zero-order valence-corrected chi connectivity index (χ0v) is 11.4. The lowest BCUT2D eigenvalue weighted by Gasteiger charge is -2.46. The Morgan fingerprint density at radius 1 is 1.17 bits per heavy atom. The summed E-state index contributed by atoms with van der Waals surface area (Å²) >= 11 is 0. The summed E-state index contributed by atoms with van der Waals surface area (Å²) in [7, 11) is -2.92. The van der Waals surface area contributed by atoms with Gasteiger partial charge in [-0.15, -0.1) is 0 Å². The molecule has 1 N–H and O–H groups in total. The number of rotatable bonds is 1. The third kappa shape index (κ3) is 2.31. The molecule has 0 amide bonds. The summed E-state index contributed by atoms with van der Waals surface area (Å²) in [5.74, 6) is 0.941. The van der Waals surface area contributed by atoms with Crippen LogP contribution in [0.15, 0.2) is 0 Å². The summed E-state index contributed by atoms with van der Waals surface area (Å²) in [5.41, 5.74) is -0.473. The van der Waals surface area contributed by atoms with Gasteiger partial charge in [0, 0.05) is 25.8 Å². The molecule has 0 bridgehead atoms. The molecule has 6 heteroatoms. The monoisotopic (exact) mass is 275 g/mol. The smallest absolute Gasteiger partial charge is 0.153 e. The normalized spacial score (nSPS) is 41.2. The van der Waals surface area contributed by atoms with Crippen LogP contribution in [0.25, 0.3) is 0 Å². The summed E-state index contributed by atoms with van der Waals surface area (Å²) in [6, 6.07) is 0.174. The second-order valence-electron chi connectivity index (χ2n) is 5.64. The maximum atomic E-state index is 11.8. The van der Waals surface area contributed by atoms with Gasteiger partial charge in [0.2, 0.25) is 0 Å². The number of hydrogen-bond donors (Lipinski definition) is 1. The first-order valence-corrected chi connectivity index (χ1v) is 8.59. The quantitative estimate of drug-likeness (QED) is 0.727. The van der Waals surface area contributed by atoms with Crippen molar-refractivity contribution >= 4 is 9.84 Å². The molecule has 3 aliphatic rings. The fourth-order valence-electron chi connectivity index (χ4n) is 3.59. The second kappa shape index (κ2) is 4.74. The van der Waals surface area contributed by atoms with Crippen LogP contribution < -0.4 is 5.32 Å². The van der Waals surface area contributed by atoms with E-state index in [4.69, 9.17) is 9.47 Å². The minimum atomic E-state index is -2.92. The molecule has 5 nitrogen and oxygen atoms in total. The highest BCUT2D eigenvalue weighted by atomic mass is 32.2. The van der Waals surface area contributed by atoms with Crippen molar-refractivity contribution in [2.45, 2.75) is 30.9 Å². The van der Waals surface area contributed by atoms with E-state index in [9.17, 15) is 8.42 Å². The Morgan fingerprint density at radius 3 is 2.61 bits per heavy atom. The molecule has 2 atom stereocenters. The minimum Gasteiger partial charge on any atom is -0.381 e. The Morgan fingerprint density at radius 2 is 1.94 bits per heavy atom. The lowest BCUT2D eigenvalue weighted by molar-refractivity contribution is -0.104. The number of morpholine rings is 1. The van der Waals surface area contributed by atoms with Crippen molar-refractivity contribution in [1.29, 1.82) is 0 Å². The first-order valence-electron chi connectivity index (χ1n) is 6.77. The van der Waals surface area contributed by atoms with Crippen LogP contribution in [-0.2, 0) is 19.3 Å². The Balaban J connectivity index is 1.81.